The normalized spacial score (nSPS) is 11.4. The molecule has 1 aromatic heterocycles. The molecule has 0 saturated heterocycles. The number of nitrogens with zero attached hydrogens (tertiary/aromatic N) is 4. The van der Waals surface area contributed by atoms with Crippen LogP contribution in [0.2, 0.25) is 0 Å². The number of aromatic nitrogens is 3. The molecule has 1 amide bonds. The molecule has 0 radical (unpaired) electrons. The summed E-state index contributed by atoms with van der Waals surface area (Å²) in [5.74, 6) is 1.36. The van der Waals surface area contributed by atoms with E-state index in [9.17, 15) is 4.79 Å². The minimum absolute atomic E-state index is 0.141. The molecule has 0 bridgehead atoms. The van der Waals surface area contributed by atoms with Crippen LogP contribution in [0.4, 0.5) is 0 Å². The topological polar surface area (TPSA) is 81.4 Å². The predicted molar refractivity (Wildman–Crippen MR) is 143 cm³/mol. The lowest BCUT2D eigenvalue weighted by atomic mass is 10.1. The van der Waals surface area contributed by atoms with E-state index in [-0.39, 0.29) is 11.7 Å². The molecule has 178 valence electrons. The molecular formula is C26H24BrN5O2S. The summed E-state index contributed by atoms with van der Waals surface area (Å²) in [6, 6.07) is 23.5. The van der Waals surface area contributed by atoms with E-state index in [1.165, 1.54) is 11.8 Å². The first-order chi connectivity index (χ1) is 16.9. The Hall–Kier alpha value is -3.43. The Bertz CT molecular complexity index is 1350. The van der Waals surface area contributed by atoms with Crippen LogP contribution in [-0.2, 0) is 4.79 Å². The van der Waals surface area contributed by atoms with Crippen LogP contribution in [0, 0.1) is 6.92 Å². The monoisotopic (exact) mass is 549 g/mol. The number of ether oxygens (including phenoxy) is 1. The number of amides is 1. The van der Waals surface area contributed by atoms with Crippen LogP contribution in [0.1, 0.15) is 18.1 Å². The van der Waals surface area contributed by atoms with Crippen molar-refractivity contribution in [1.29, 1.82) is 0 Å². The van der Waals surface area contributed by atoms with Crippen LogP contribution in [0.3, 0.4) is 0 Å². The zero-order valence-electron chi connectivity index (χ0n) is 19.5. The fourth-order valence-corrected chi connectivity index (χ4v) is 4.45. The van der Waals surface area contributed by atoms with E-state index >= 15 is 0 Å². The summed E-state index contributed by atoms with van der Waals surface area (Å²) in [6.45, 7) is 3.89. The van der Waals surface area contributed by atoms with Gasteiger partial charge in [0.2, 0.25) is 0 Å². The van der Waals surface area contributed by atoms with E-state index in [1.807, 2.05) is 91.2 Å². The molecule has 7 nitrogen and oxygen atoms in total. The second-order valence-electron chi connectivity index (χ2n) is 7.74. The molecule has 0 saturated carbocycles. The zero-order valence-corrected chi connectivity index (χ0v) is 21.9. The van der Waals surface area contributed by atoms with E-state index < -0.39 is 0 Å². The minimum atomic E-state index is -0.228. The van der Waals surface area contributed by atoms with E-state index in [2.05, 4.69) is 36.7 Å². The number of hydrogen-bond acceptors (Lipinski definition) is 6. The Kier molecular flexibility index (Phi) is 7.99. The summed E-state index contributed by atoms with van der Waals surface area (Å²) in [7, 11) is 1.63. The van der Waals surface area contributed by atoms with Gasteiger partial charge in [-0.15, -0.1) is 10.2 Å². The van der Waals surface area contributed by atoms with Gasteiger partial charge in [0.1, 0.15) is 5.75 Å². The molecule has 0 aliphatic heterocycles. The maximum Gasteiger partial charge on any atom is 0.250 e. The SMILES string of the molecule is COc1ccc(-c2nnc(SCC(=O)N/N=C(/C)c3cccc(Br)c3)n2-c2ccc(C)cc2)cc1. The fourth-order valence-electron chi connectivity index (χ4n) is 3.30. The van der Waals surface area contributed by atoms with Gasteiger partial charge in [-0.1, -0.05) is 57.5 Å². The standard InChI is InChI=1S/C26H24BrN5O2S/c1-17-7-11-22(12-8-17)32-25(19-9-13-23(34-3)14-10-19)30-31-26(32)35-16-24(33)29-28-18(2)20-5-4-6-21(27)15-20/h4-15H,16H2,1-3H3,(H,29,33)/b28-18-. The number of hydrazone groups is 1. The second-order valence-corrected chi connectivity index (χ2v) is 9.60. The molecule has 1 heterocycles. The Morgan fingerprint density at radius 1 is 1.09 bits per heavy atom. The van der Waals surface area contributed by atoms with Crippen molar-refractivity contribution in [3.05, 3.63) is 88.4 Å². The Morgan fingerprint density at radius 2 is 1.83 bits per heavy atom. The highest BCUT2D eigenvalue weighted by Gasteiger charge is 2.17. The van der Waals surface area contributed by atoms with E-state index in [0.717, 1.165) is 32.6 Å². The third-order valence-electron chi connectivity index (χ3n) is 5.20. The van der Waals surface area contributed by atoms with Crippen molar-refractivity contribution in [2.24, 2.45) is 5.10 Å². The highest BCUT2D eigenvalue weighted by molar-refractivity contribution is 9.10. The number of halogens is 1. The van der Waals surface area contributed by atoms with Crippen LogP contribution < -0.4 is 10.2 Å². The van der Waals surface area contributed by atoms with Gasteiger partial charge in [0, 0.05) is 15.7 Å². The van der Waals surface area contributed by atoms with Crippen LogP contribution in [0.25, 0.3) is 17.1 Å². The molecule has 0 unspecified atom stereocenters. The number of carbonyl (C=O) groups is 1. The van der Waals surface area contributed by atoms with Crippen LogP contribution in [0.5, 0.6) is 5.75 Å². The molecule has 0 atom stereocenters. The molecule has 9 heteroatoms. The third-order valence-corrected chi connectivity index (χ3v) is 6.62. The van der Waals surface area contributed by atoms with Crippen molar-refractivity contribution < 1.29 is 9.53 Å². The highest BCUT2D eigenvalue weighted by Crippen LogP contribution is 2.29. The number of benzene rings is 3. The average Bonchev–Trinajstić information content (AvgIpc) is 3.30. The van der Waals surface area contributed by atoms with Crippen LogP contribution in [0.15, 0.2) is 87.5 Å². The van der Waals surface area contributed by atoms with Crippen molar-refractivity contribution in [3.63, 3.8) is 0 Å². The molecule has 4 aromatic rings. The summed E-state index contributed by atoms with van der Waals surface area (Å²) < 4.78 is 8.18. The smallest absolute Gasteiger partial charge is 0.250 e. The van der Waals surface area contributed by atoms with Gasteiger partial charge < -0.3 is 4.74 Å². The van der Waals surface area contributed by atoms with Gasteiger partial charge in [-0.2, -0.15) is 5.10 Å². The predicted octanol–water partition coefficient (Wildman–Crippen LogP) is 5.65. The summed E-state index contributed by atoms with van der Waals surface area (Å²) >= 11 is 4.75. The largest absolute Gasteiger partial charge is 0.497 e. The molecular weight excluding hydrogens is 526 g/mol. The quantitative estimate of drug-likeness (QED) is 0.174. The summed E-state index contributed by atoms with van der Waals surface area (Å²) in [4.78, 5) is 12.5. The number of rotatable bonds is 8. The molecule has 35 heavy (non-hydrogen) atoms. The third kappa shape index (κ3) is 6.17. The summed E-state index contributed by atoms with van der Waals surface area (Å²) in [5.41, 5.74) is 7.23. The van der Waals surface area contributed by atoms with Crippen LogP contribution >= 0.6 is 27.7 Å². The van der Waals surface area contributed by atoms with Gasteiger partial charge in [0.25, 0.3) is 5.91 Å². The molecule has 0 fully saturated rings. The Morgan fingerprint density at radius 3 is 2.51 bits per heavy atom. The first-order valence-corrected chi connectivity index (χ1v) is 12.6. The van der Waals surface area contributed by atoms with Gasteiger partial charge in [-0.3, -0.25) is 9.36 Å². The first kappa shape index (κ1) is 24.7. The van der Waals surface area contributed by atoms with Gasteiger partial charge in [-0.05, 0) is 67.9 Å². The van der Waals surface area contributed by atoms with Crippen molar-refractivity contribution in [3.8, 4) is 22.8 Å². The summed E-state index contributed by atoms with van der Waals surface area (Å²) in [6.07, 6.45) is 0. The molecule has 1 N–H and O–H groups in total. The van der Waals surface area contributed by atoms with Gasteiger partial charge in [0.05, 0.1) is 18.6 Å². The number of hydrogen-bond donors (Lipinski definition) is 1. The minimum Gasteiger partial charge on any atom is -0.497 e. The lowest BCUT2D eigenvalue weighted by Crippen LogP contribution is -2.21. The van der Waals surface area contributed by atoms with Crippen molar-refractivity contribution in [2.75, 3.05) is 12.9 Å². The van der Waals surface area contributed by atoms with Crippen molar-refractivity contribution in [1.82, 2.24) is 20.2 Å². The Labute approximate surface area is 216 Å². The van der Waals surface area contributed by atoms with Crippen molar-refractivity contribution in [2.45, 2.75) is 19.0 Å². The number of nitrogens with one attached hydrogen (secondary N) is 1. The number of thioether (sulfide) groups is 1. The first-order valence-electron chi connectivity index (χ1n) is 10.8. The number of carbonyl (C=O) groups excluding carboxylic acids is 1. The second kappa shape index (κ2) is 11.3. The lowest BCUT2D eigenvalue weighted by molar-refractivity contribution is -0.118. The van der Waals surface area contributed by atoms with Gasteiger partial charge >= 0.3 is 0 Å². The molecule has 4 rings (SSSR count). The number of methoxy groups -OCH3 is 1. The maximum absolute atomic E-state index is 12.5. The van der Waals surface area contributed by atoms with E-state index in [0.29, 0.717) is 16.7 Å². The highest BCUT2D eigenvalue weighted by atomic mass is 79.9. The zero-order chi connectivity index (χ0) is 24.8. The maximum atomic E-state index is 12.5. The van der Waals surface area contributed by atoms with Crippen molar-refractivity contribution >= 4 is 39.3 Å². The fraction of sp³-hybridized carbons (Fsp3) is 0.154. The average molecular weight is 550 g/mol. The summed E-state index contributed by atoms with van der Waals surface area (Å²) in [5, 5.41) is 13.7. The molecule has 0 aliphatic rings. The Balaban J connectivity index is 1.54. The van der Waals surface area contributed by atoms with Crippen LogP contribution in [-0.4, -0.2) is 39.2 Å². The van der Waals surface area contributed by atoms with Gasteiger partial charge in [-0.25, -0.2) is 5.43 Å². The van der Waals surface area contributed by atoms with E-state index in [4.69, 9.17) is 4.74 Å². The lowest BCUT2D eigenvalue weighted by Gasteiger charge is -2.11. The van der Waals surface area contributed by atoms with E-state index in [1.54, 1.807) is 7.11 Å². The molecule has 0 spiro atoms. The van der Waals surface area contributed by atoms with Gasteiger partial charge in [0.15, 0.2) is 11.0 Å². The number of aryl methyl sites for hydroxylation is 1. The molecule has 0 aliphatic carbocycles. The molecule has 3 aromatic carbocycles.